The van der Waals surface area contributed by atoms with E-state index in [1.807, 2.05) is 0 Å². The van der Waals surface area contributed by atoms with E-state index in [0.717, 1.165) is 102 Å². The van der Waals surface area contributed by atoms with Crippen molar-refractivity contribution in [2.75, 3.05) is 39.6 Å². The molecule has 0 amide bonds. The van der Waals surface area contributed by atoms with Crippen molar-refractivity contribution in [1.29, 1.82) is 0 Å². The monoisotopic (exact) mass is 1620 g/mol. The Morgan fingerprint density at radius 2 is 0.414 bits per heavy atom. The SMILES string of the molecule is CCCCCCCCCCCCCCCCCCCCC(=O)O[C@H](COC(=O)CCCCCCCCCCCCC)COP(=O)(O)OC[C@H](O)COP(=O)(O)OC[C@@H](COC(=O)CCCCCCCCCCCCCCCCCCCCC(C)C)OC(=O)CCCCCCCCCCCCCCCCCCCCC(C)C. The summed E-state index contributed by atoms with van der Waals surface area (Å²) in [6, 6.07) is 0. The quantitative estimate of drug-likeness (QED) is 0.0222. The second kappa shape index (κ2) is 83.1. The van der Waals surface area contributed by atoms with Gasteiger partial charge in [-0.1, -0.05) is 446 Å². The van der Waals surface area contributed by atoms with Crippen LogP contribution in [0.15, 0.2) is 0 Å². The number of aliphatic hydroxyl groups excluding tert-OH is 1. The van der Waals surface area contributed by atoms with Crippen molar-refractivity contribution in [2.24, 2.45) is 11.8 Å². The number of esters is 4. The maximum absolute atomic E-state index is 13.2. The predicted molar refractivity (Wildman–Crippen MR) is 460 cm³/mol. The minimum atomic E-state index is -4.97. The van der Waals surface area contributed by atoms with Crippen molar-refractivity contribution in [2.45, 2.75) is 516 Å². The van der Waals surface area contributed by atoms with E-state index in [4.69, 9.17) is 37.0 Å². The molecule has 0 saturated carbocycles. The minimum absolute atomic E-state index is 0.109. The summed E-state index contributed by atoms with van der Waals surface area (Å²) in [6.45, 7) is 9.78. The maximum atomic E-state index is 13.2. The van der Waals surface area contributed by atoms with E-state index in [9.17, 15) is 43.2 Å². The molecule has 660 valence electrons. The van der Waals surface area contributed by atoms with E-state index in [2.05, 4.69) is 41.5 Å². The molecule has 0 aliphatic carbocycles. The Morgan fingerprint density at radius 1 is 0.243 bits per heavy atom. The van der Waals surface area contributed by atoms with Crippen molar-refractivity contribution in [3.63, 3.8) is 0 Å². The van der Waals surface area contributed by atoms with Crippen molar-refractivity contribution in [1.82, 2.24) is 0 Å². The summed E-state index contributed by atoms with van der Waals surface area (Å²) in [5, 5.41) is 10.7. The van der Waals surface area contributed by atoms with Gasteiger partial charge in [0, 0.05) is 25.7 Å². The van der Waals surface area contributed by atoms with Gasteiger partial charge in [0.25, 0.3) is 0 Å². The summed E-state index contributed by atoms with van der Waals surface area (Å²) in [7, 11) is -9.94. The number of hydrogen-bond acceptors (Lipinski definition) is 15. The van der Waals surface area contributed by atoms with E-state index in [0.29, 0.717) is 25.7 Å². The lowest BCUT2D eigenvalue weighted by molar-refractivity contribution is -0.161. The summed E-state index contributed by atoms with van der Waals surface area (Å²) in [5.74, 6) is -0.450. The van der Waals surface area contributed by atoms with Crippen LogP contribution >= 0.6 is 15.6 Å². The molecule has 0 radical (unpaired) electrons. The maximum Gasteiger partial charge on any atom is 0.472 e. The highest BCUT2D eigenvalue weighted by molar-refractivity contribution is 7.47. The first kappa shape index (κ1) is 109. The van der Waals surface area contributed by atoms with E-state index in [1.165, 1.54) is 315 Å². The lowest BCUT2D eigenvalue weighted by Crippen LogP contribution is -2.30. The molecule has 0 rings (SSSR count). The van der Waals surface area contributed by atoms with Crippen LogP contribution in [0.2, 0.25) is 0 Å². The number of hydrogen-bond donors (Lipinski definition) is 3. The first-order valence-corrected chi connectivity index (χ1v) is 50.5. The Labute approximate surface area is 683 Å². The molecule has 2 unspecified atom stereocenters. The third-order valence-electron chi connectivity index (χ3n) is 21.7. The van der Waals surface area contributed by atoms with Gasteiger partial charge in [-0.2, -0.15) is 0 Å². The molecule has 0 aromatic rings. The molecule has 5 atom stereocenters. The summed E-state index contributed by atoms with van der Waals surface area (Å²) >= 11 is 0. The van der Waals surface area contributed by atoms with Crippen LogP contribution in [-0.2, 0) is 65.4 Å². The number of carbonyl (C=O) groups is 4. The van der Waals surface area contributed by atoms with Gasteiger partial charge in [-0.05, 0) is 37.5 Å². The van der Waals surface area contributed by atoms with Crippen LogP contribution < -0.4 is 0 Å². The van der Waals surface area contributed by atoms with Crippen molar-refractivity contribution in [3.05, 3.63) is 0 Å². The van der Waals surface area contributed by atoms with Crippen LogP contribution in [0, 0.1) is 11.8 Å². The topological polar surface area (TPSA) is 237 Å². The number of phosphoric ester groups is 2. The fourth-order valence-corrected chi connectivity index (χ4v) is 16.1. The summed E-state index contributed by atoms with van der Waals surface area (Å²) in [4.78, 5) is 73.4. The van der Waals surface area contributed by atoms with E-state index < -0.39 is 97.5 Å². The Bertz CT molecular complexity index is 2120. The highest BCUT2D eigenvalue weighted by atomic mass is 31.2. The van der Waals surface area contributed by atoms with Crippen LogP contribution in [-0.4, -0.2) is 96.7 Å². The fourth-order valence-electron chi connectivity index (χ4n) is 14.5. The van der Waals surface area contributed by atoms with Gasteiger partial charge in [-0.15, -0.1) is 0 Å². The highest BCUT2D eigenvalue weighted by Crippen LogP contribution is 2.45. The van der Waals surface area contributed by atoms with Crippen LogP contribution in [0.5, 0.6) is 0 Å². The van der Waals surface area contributed by atoms with Gasteiger partial charge >= 0.3 is 39.5 Å². The van der Waals surface area contributed by atoms with Gasteiger partial charge in [0.15, 0.2) is 12.2 Å². The van der Waals surface area contributed by atoms with Crippen LogP contribution in [0.3, 0.4) is 0 Å². The first-order valence-electron chi connectivity index (χ1n) is 47.5. The lowest BCUT2D eigenvalue weighted by atomic mass is 10.0. The second-order valence-corrected chi connectivity index (χ2v) is 36.9. The molecule has 0 aliphatic heterocycles. The number of phosphoric acid groups is 2. The largest absolute Gasteiger partial charge is 0.472 e. The predicted octanol–water partition coefficient (Wildman–Crippen LogP) is 28.6. The molecule has 19 heteroatoms. The molecule has 0 spiro atoms. The van der Waals surface area contributed by atoms with Gasteiger partial charge in [0.2, 0.25) is 0 Å². The molecule has 3 N–H and O–H groups in total. The van der Waals surface area contributed by atoms with E-state index in [1.54, 1.807) is 0 Å². The molecule has 0 bridgehead atoms. The van der Waals surface area contributed by atoms with Crippen LogP contribution in [0.1, 0.15) is 497 Å². The third kappa shape index (κ3) is 85.8. The molecule has 0 aliphatic rings. The standard InChI is InChI=1S/C92H180O17P2/c1-7-9-11-13-15-17-19-20-21-22-29-35-40-46-52-58-64-70-76-91(96)108-87(80-102-89(94)74-68-62-56-50-42-18-16-14-12-10-8-2)82-106-110(98,99)104-78-86(93)79-105-111(100,101)107-83-88(109-92(97)77-71-65-59-53-47-41-36-31-26-24-28-33-38-44-49-55-61-67-73-85(5)6)81-103-90(95)75-69-63-57-51-45-39-34-30-25-23-27-32-37-43-48-54-60-66-72-84(3)4/h84-88,93H,7-83H2,1-6H3,(H,98,99)(H,100,101)/t86-,87+,88+/m0/s1. The Kier molecular flexibility index (Phi) is 81.7. The van der Waals surface area contributed by atoms with Gasteiger partial charge in [0.05, 0.1) is 26.4 Å². The zero-order chi connectivity index (χ0) is 81.3. The van der Waals surface area contributed by atoms with Crippen molar-refractivity contribution < 1.29 is 80.2 Å². The Balaban J connectivity index is 5.23. The van der Waals surface area contributed by atoms with Gasteiger partial charge in [0.1, 0.15) is 19.3 Å². The number of carbonyl (C=O) groups excluding carboxylic acids is 4. The average molecular weight is 1620 g/mol. The number of aliphatic hydroxyl groups is 1. The molecule has 0 fully saturated rings. The van der Waals surface area contributed by atoms with E-state index in [-0.39, 0.29) is 25.7 Å². The molecule has 0 heterocycles. The summed E-state index contributed by atoms with van der Waals surface area (Å²) < 4.78 is 69.1. The number of rotatable bonds is 91. The molecule has 0 saturated heterocycles. The van der Waals surface area contributed by atoms with Crippen molar-refractivity contribution >= 4 is 39.5 Å². The van der Waals surface area contributed by atoms with Crippen LogP contribution in [0.4, 0.5) is 0 Å². The number of ether oxygens (including phenoxy) is 4. The molecule has 0 aromatic heterocycles. The molecule has 17 nitrogen and oxygen atoms in total. The van der Waals surface area contributed by atoms with Crippen molar-refractivity contribution in [3.8, 4) is 0 Å². The molecular formula is C92H180O17P2. The molecule has 0 aromatic carbocycles. The Morgan fingerprint density at radius 3 is 0.613 bits per heavy atom. The summed E-state index contributed by atoms with van der Waals surface area (Å²) in [5.41, 5.74) is 0. The Hall–Kier alpha value is -1.94. The van der Waals surface area contributed by atoms with Crippen LogP contribution in [0.25, 0.3) is 0 Å². The molecular weight excluding hydrogens is 1440 g/mol. The van der Waals surface area contributed by atoms with E-state index >= 15 is 0 Å². The minimum Gasteiger partial charge on any atom is -0.462 e. The second-order valence-electron chi connectivity index (χ2n) is 34.0. The highest BCUT2D eigenvalue weighted by Gasteiger charge is 2.31. The summed E-state index contributed by atoms with van der Waals surface area (Å²) in [6.07, 6.45) is 77.8. The smallest absolute Gasteiger partial charge is 0.462 e. The van der Waals surface area contributed by atoms with Gasteiger partial charge in [-0.3, -0.25) is 37.3 Å². The lowest BCUT2D eigenvalue weighted by Gasteiger charge is -2.21. The van der Waals surface area contributed by atoms with Gasteiger partial charge in [-0.25, -0.2) is 9.13 Å². The van der Waals surface area contributed by atoms with Gasteiger partial charge < -0.3 is 33.8 Å². The average Bonchev–Trinajstić information content (AvgIpc) is 0.902. The molecule has 111 heavy (non-hydrogen) atoms. The zero-order valence-electron chi connectivity index (χ0n) is 73.3. The zero-order valence-corrected chi connectivity index (χ0v) is 75.1. The third-order valence-corrected chi connectivity index (χ3v) is 23.6. The first-order chi connectivity index (χ1) is 53.9. The number of unbranched alkanes of at least 4 members (excludes halogenated alkanes) is 61. The fraction of sp³-hybridized carbons (Fsp3) is 0.957. The normalized spacial score (nSPS) is 13.7.